The molecule has 1 aliphatic rings. The van der Waals surface area contributed by atoms with Crippen LogP contribution in [-0.4, -0.2) is 35.4 Å². The highest BCUT2D eigenvalue weighted by Crippen LogP contribution is 2.25. The zero-order valence-corrected chi connectivity index (χ0v) is 11.9. The fourth-order valence-corrected chi connectivity index (χ4v) is 2.63. The standard InChI is InChI=1S/C15H23N3O/c1-3-9-17-14-11-16-10-8-13(14)15(19)18(2)12-6-4-5-7-12/h8,10-12,17H,3-7,9H2,1-2H3. The van der Waals surface area contributed by atoms with Gasteiger partial charge in [0.1, 0.15) is 0 Å². The molecule has 1 aromatic rings. The molecule has 1 amide bonds. The van der Waals surface area contributed by atoms with E-state index in [0.29, 0.717) is 6.04 Å². The molecule has 0 aliphatic heterocycles. The molecule has 0 atom stereocenters. The van der Waals surface area contributed by atoms with Crippen LogP contribution < -0.4 is 5.32 Å². The monoisotopic (exact) mass is 261 g/mol. The number of rotatable bonds is 5. The Kier molecular flexibility index (Phi) is 4.77. The molecule has 0 aromatic carbocycles. The van der Waals surface area contributed by atoms with E-state index < -0.39 is 0 Å². The van der Waals surface area contributed by atoms with E-state index in [0.717, 1.165) is 37.1 Å². The number of nitrogens with one attached hydrogen (secondary N) is 1. The molecular formula is C15H23N3O. The van der Waals surface area contributed by atoms with Crippen molar-refractivity contribution >= 4 is 11.6 Å². The van der Waals surface area contributed by atoms with Crippen molar-refractivity contribution in [1.29, 1.82) is 0 Å². The third-order valence-corrected chi connectivity index (χ3v) is 3.81. The molecule has 1 heterocycles. The Hall–Kier alpha value is -1.58. The predicted octanol–water partition coefficient (Wildman–Crippen LogP) is 2.92. The SMILES string of the molecule is CCCNc1cnccc1C(=O)N(C)C1CCCC1. The number of hydrogen-bond donors (Lipinski definition) is 1. The van der Waals surface area contributed by atoms with Crippen LogP contribution in [0.1, 0.15) is 49.4 Å². The highest BCUT2D eigenvalue weighted by Gasteiger charge is 2.25. The molecule has 0 spiro atoms. The minimum absolute atomic E-state index is 0.105. The minimum Gasteiger partial charge on any atom is -0.383 e. The van der Waals surface area contributed by atoms with Crippen molar-refractivity contribution in [2.24, 2.45) is 0 Å². The molecule has 104 valence electrons. The lowest BCUT2D eigenvalue weighted by Crippen LogP contribution is -2.35. The third kappa shape index (κ3) is 3.25. The molecule has 1 aromatic heterocycles. The molecule has 0 bridgehead atoms. The number of anilines is 1. The summed E-state index contributed by atoms with van der Waals surface area (Å²) in [5.41, 5.74) is 1.58. The largest absolute Gasteiger partial charge is 0.383 e. The van der Waals surface area contributed by atoms with E-state index in [2.05, 4.69) is 17.2 Å². The van der Waals surface area contributed by atoms with Crippen LogP contribution in [-0.2, 0) is 0 Å². The van der Waals surface area contributed by atoms with E-state index in [9.17, 15) is 4.79 Å². The van der Waals surface area contributed by atoms with Gasteiger partial charge in [0.15, 0.2) is 0 Å². The van der Waals surface area contributed by atoms with Crippen molar-refractivity contribution in [3.05, 3.63) is 24.0 Å². The van der Waals surface area contributed by atoms with Crippen LogP contribution in [0, 0.1) is 0 Å². The number of hydrogen-bond acceptors (Lipinski definition) is 3. The van der Waals surface area contributed by atoms with Gasteiger partial charge in [0.2, 0.25) is 0 Å². The van der Waals surface area contributed by atoms with E-state index in [1.165, 1.54) is 12.8 Å². The Labute approximate surface area is 115 Å². The van der Waals surface area contributed by atoms with Crippen molar-refractivity contribution in [2.75, 3.05) is 18.9 Å². The average Bonchev–Trinajstić information content (AvgIpc) is 2.98. The number of nitrogens with zero attached hydrogens (tertiary/aromatic N) is 2. The van der Waals surface area contributed by atoms with Gasteiger partial charge in [-0.2, -0.15) is 0 Å². The fraction of sp³-hybridized carbons (Fsp3) is 0.600. The van der Waals surface area contributed by atoms with Gasteiger partial charge in [0.05, 0.1) is 17.4 Å². The third-order valence-electron chi connectivity index (χ3n) is 3.81. The number of amides is 1. The first-order valence-corrected chi connectivity index (χ1v) is 7.19. The lowest BCUT2D eigenvalue weighted by Gasteiger charge is -2.25. The zero-order chi connectivity index (χ0) is 13.7. The van der Waals surface area contributed by atoms with Crippen LogP contribution in [0.25, 0.3) is 0 Å². The Bertz CT molecular complexity index is 427. The highest BCUT2D eigenvalue weighted by atomic mass is 16.2. The van der Waals surface area contributed by atoms with Crippen LogP contribution in [0.4, 0.5) is 5.69 Å². The van der Waals surface area contributed by atoms with Crippen LogP contribution in [0.3, 0.4) is 0 Å². The van der Waals surface area contributed by atoms with Crippen molar-refractivity contribution in [2.45, 2.75) is 45.1 Å². The van der Waals surface area contributed by atoms with Gasteiger partial charge >= 0.3 is 0 Å². The predicted molar refractivity (Wildman–Crippen MR) is 77.4 cm³/mol. The highest BCUT2D eigenvalue weighted by molar-refractivity contribution is 5.99. The molecule has 2 rings (SSSR count). The molecule has 4 nitrogen and oxygen atoms in total. The summed E-state index contributed by atoms with van der Waals surface area (Å²) in [5, 5.41) is 3.28. The molecule has 1 saturated carbocycles. The summed E-state index contributed by atoms with van der Waals surface area (Å²) in [6.07, 6.45) is 9.19. The maximum Gasteiger partial charge on any atom is 0.256 e. The molecule has 4 heteroatoms. The first kappa shape index (κ1) is 13.8. The molecule has 19 heavy (non-hydrogen) atoms. The first-order valence-electron chi connectivity index (χ1n) is 7.19. The molecule has 1 fully saturated rings. The van der Waals surface area contributed by atoms with Gasteiger partial charge in [-0.1, -0.05) is 19.8 Å². The molecule has 0 radical (unpaired) electrons. The maximum absolute atomic E-state index is 12.6. The van der Waals surface area contributed by atoms with Crippen molar-refractivity contribution in [3.8, 4) is 0 Å². The number of aromatic nitrogens is 1. The summed E-state index contributed by atoms with van der Waals surface area (Å²) >= 11 is 0. The van der Waals surface area contributed by atoms with Gasteiger partial charge in [-0.05, 0) is 25.3 Å². The zero-order valence-electron chi connectivity index (χ0n) is 11.9. The quantitative estimate of drug-likeness (QED) is 0.886. The molecule has 0 saturated heterocycles. The second-order valence-corrected chi connectivity index (χ2v) is 5.20. The van der Waals surface area contributed by atoms with E-state index in [4.69, 9.17) is 0 Å². The van der Waals surface area contributed by atoms with Gasteiger partial charge in [0, 0.05) is 25.8 Å². The Morgan fingerprint density at radius 2 is 2.21 bits per heavy atom. The summed E-state index contributed by atoms with van der Waals surface area (Å²) in [5.74, 6) is 0.105. The van der Waals surface area contributed by atoms with E-state index >= 15 is 0 Å². The van der Waals surface area contributed by atoms with Crippen LogP contribution in [0.5, 0.6) is 0 Å². The van der Waals surface area contributed by atoms with Gasteiger partial charge in [-0.3, -0.25) is 9.78 Å². The number of pyridine rings is 1. The normalized spacial score (nSPS) is 15.5. The summed E-state index contributed by atoms with van der Waals surface area (Å²) < 4.78 is 0. The number of carbonyl (C=O) groups excluding carboxylic acids is 1. The number of carbonyl (C=O) groups is 1. The summed E-state index contributed by atoms with van der Waals surface area (Å²) in [6.45, 7) is 2.97. The smallest absolute Gasteiger partial charge is 0.256 e. The lowest BCUT2D eigenvalue weighted by atomic mass is 10.1. The molecular weight excluding hydrogens is 238 g/mol. The van der Waals surface area contributed by atoms with Gasteiger partial charge in [-0.25, -0.2) is 0 Å². The Morgan fingerprint density at radius 1 is 1.47 bits per heavy atom. The van der Waals surface area contributed by atoms with Crippen molar-refractivity contribution < 1.29 is 4.79 Å². The fourth-order valence-electron chi connectivity index (χ4n) is 2.63. The molecule has 0 unspecified atom stereocenters. The molecule has 1 N–H and O–H groups in total. The van der Waals surface area contributed by atoms with Crippen LogP contribution in [0.15, 0.2) is 18.5 Å². The first-order chi connectivity index (χ1) is 9.24. The van der Waals surface area contributed by atoms with Gasteiger partial charge < -0.3 is 10.2 Å². The lowest BCUT2D eigenvalue weighted by molar-refractivity contribution is 0.0736. The Morgan fingerprint density at radius 3 is 2.89 bits per heavy atom. The van der Waals surface area contributed by atoms with E-state index in [1.807, 2.05) is 18.0 Å². The maximum atomic E-state index is 12.6. The minimum atomic E-state index is 0.105. The average molecular weight is 261 g/mol. The second-order valence-electron chi connectivity index (χ2n) is 5.20. The second kappa shape index (κ2) is 6.55. The van der Waals surface area contributed by atoms with Crippen LogP contribution >= 0.6 is 0 Å². The van der Waals surface area contributed by atoms with Crippen molar-refractivity contribution in [3.63, 3.8) is 0 Å². The van der Waals surface area contributed by atoms with Gasteiger partial charge in [0.25, 0.3) is 5.91 Å². The summed E-state index contributed by atoms with van der Waals surface area (Å²) in [6, 6.07) is 2.21. The molecule has 1 aliphatic carbocycles. The summed E-state index contributed by atoms with van der Waals surface area (Å²) in [7, 11) is 1.92. The summed E-state index contributed by atoms with van der Waals surface area (Å²) in [4.78, 5) is 18.6. The van der Waals surface area contributed by atoms with Crippen molar-refractivity contribution in [1.82, 2.24) is 9.88 Å². The Balaban J connectivity index is 2.13. The van der Waals surface area contributed by atoms with Crippen LogP contribution in [0.2, 0.25) is 0 Å². The van der Waals surface area contributed by atoms with E-state index in [-0.39, 0.29) is 5.91 Å². The van der Waals surface area contributed by atoms with E-state index in [1.54, 1.807) is 12.4 Å². The topological polar surface area (TPSA) is 45.2 Å². The van der Waals surface area contributed by atoms with Gasteiger partial charge in [-0.15, -0.1) is 0 Å².